The summed E-state index contributed by atoms with van der Waals surface area (Å²) in [5, 5.41) is 2.77. The Morgan fingerprint density at radius 3 is 2.20 bits per heavy atom. The second kappa shape index (κ2) is 5.93. The normalized spacial score (nSPS) is 12.0. The number of carbonyl (C=O) groups is 1. The van der Waals surface area contributed by atoms with Gasteiger partial charge in [0.25, 0.3) is 5.91 Å². The van der Waals surface area contributed by atoms with Gasteiger partial charge in [-0.15, -0.1) is 0 Å². The maximum atomic E-state index is 12.3. The van der Waals surface area contributed by atoms with E-state index in [1.54, 1.807) is 19.9 Å². The Morgan fingerprint density at radius 2 is 1.75 bits per heavy atom. The maximum absolute atomic E-state index is 12.3. The summed E-state index contributed by atoms with van der Waals surface area (Å²) < 4.78 is 25.7. The highest BCUT2D eigenvalue weighted by atomic mass is 32.2. The number of nitrogens with zero attached hydrogens (tertiary/aromatic N) is 1. The third-order valence-electron chi connectivity index (χ3n) is 3.06. The Kier molecular flexibility index (Phi) is 4.94. The average Bonchev–Trinajstić information content (AvgIpc) is 2.30. The van der Waals surface area contributed by atoms with Crippen molar-refractivity contribution in [2.24, 2.45) is 0 Å². The van der Waals surface area contributed by atoms with Crippen LogP contribution in [0.15, 0.2) is 17.0 Å². The fourth-order valence-electron chi connectivity index (χ4n) is 1.77. The summed E-state index contributed by atoms with van der Waals surface area (Å²) in [4.78, 5) is 12.2. The second-order valence-corrected chi connectivity index (χ2v) is 7.45. The molecular formula is C14H22N2O3S. The van der Waals surface area contributed by atoms with Crippen LogP contribution in [-0.2, 0) is 10.0 Å². The first-order valence-electron chi connectivity index (χ1n) is 6.42. The molecule has 0 aliphatic rings. The van der Waals surface area contributed by atoms with Crippen LogP contribution in [0.5, 0.6) is 0 Å². The van der Waals surface area contributed by atoms with Gasteiger partial charge in [-0.05, 0) is 51.0 Å². The van der Waals surface area contributed by atoms with Gasteiger partial charge in [0.1, 0.15) is 0 Å². The molecule has 1 amide bonds. The minimum atomic E-state index is -3.56. The smallest absolute Gasteiger partial charge is 0.251 e. The average molecular weight is 298 g/mol. The van der Waals surface area contributed by atoms with Crippen LogP contribution in [0.2, 0.25) is 0 Å². The Labute approximate surface area is 121 Å². The van der Waals surface area contributed by atoms with Crippen molar-refractivity contribution in [3.63, 3.8) is 0 Å². The lowest BCUT2D eigenvalue weighted by Crippen LogP contribution is -2.30. The van der Waals surface area contributed by atoms with E-state index in [-0.39, 0.29) is 16.8 Å². The third kappa shape index (κ3) is 3.37. The maximum Gasteiger partial charge on any atom is 0.251 e. The van der Waals surface area contributed by atoms with Crippen LogP contribution in [-0.4, -0.2) is 38.8 Å². The Morgan fingerprint density at radius 1 is 1.20 bits per heavy atom. The van der Waals surface area contributed by atoms with Crippen molar-refractivity contribution in [1.29, 1.82) is 0 Å². The van der Waals surface area contributed by atoms with E-state index in [1.807, 2.05) is 13.8 Å². The number of rotatable bonds is 4. The molecule has 1 aromatic carbocycles. The lowest BCUT2D eigenvalue weighted by Gasteiger charge is -2.17. The van der Waals surface area contributed by atoms with Crippen molar-refractivity contribution in [3.8, 4) is 0 Å². The summed E-state index contributed by atoms with van der Waals surface area (Å²) in [5.41, 5.74) is 1.81. The second-order valence-electron chi connectivity index (χ2n) is 5.33. The van der Waals surface area contributed by atoms with E-state index in [9.17, 15) is 13.2 Å². The minimum Gasteiger partial charge on any atom is -0.350 e. The molecule has 0 unspecified atom stereocenters. The standard InChI is InChI=1S/C14H22N2O3S/c1-9(2)15-14(17)12-7-10(3)11(4)13(8-12)20(18,19)16(5)6/h7-9H,1-6H3,(H,15,17). The predicted molar refractivity (Wildman–Crippen MR) is 79.4 cm³/mol. The molecule has 0 aliphatic heterocycles. The predicted octanol–water partition coefficient (Wildman–Crippen LogP) is 1.69. The Balaban J connectivity index is 3.42. The van der Waals surface area contributed by atoms with Gasteiger partial charge in [0.2, 0.25) is 10.0 Å². The summed E-state index contributed by atoms with van der Waals surface area (Å²) in [5.74, 6) is -0.265. The number of sulfonamides is 1. The van der Waals surface area contributed by atoms with Crippen LogP contribution in [0, 0.1) is 13.8 Å². The van der Waals surface area contributed by atoms with Crippen LogP contribution in [0.3, 0.4) is 0 Å². The lowest BCUT2D eigenvalue weighted by atomic mass is 10.1. The van der Waals surface area contributed by atoms with Crippen LogP contribution >= 0.6 is 0 Å². The van der Waals surface area contributed by atoms with Crippen molar-refractivity contribution in [3.05, 3.63) is 28.8 Å². The molecule has 1 rings (SSSR count). The van der Waals surface area contributed by atoms with Crippen LogP contribution in [0.1, 0.15) is 35.3 Å². The molecule has 0 spiro atoms. The van der Waals surface area contributed by atoms with E-state index in [1.165, 1.54) is 20.2 Å². The highest BCUT2D eigenvalue weighted by Crippen LogP contribution is 2.23. The van der Waals surface area contributed by atoms with Crippen LogP contribution < -0.4 is 5.32 Å². The summed E-state index contributed by atoms with van der Waals surface area (Å²) in [7, 11) is -0.607. The molecule has 1 N–H and O–H groups in total. The fraction of sp³-hybridized carbons (Fsp3) is 0.500. The molecule has 0 bridgehead atoms. The number of hydrogen-bond donors (Lipinski definition) is 1. The minimum absolute atomic E-state index is 0.00184. The van der Waals surface area contributed by atoms with Crippen LogP contribution in [0.4, 0.5) is 0 Å². The topological polar surface area (TPSA) is 66.5 Å². The zero-order valence-electron chi connectivity index (χ0n) is 12.8. The van der Waals surface area contributed by atoms with Gasteiger partial charge in [0.15, 0.2) is 0 Å². The molecule has 0 aliphatic carbocycles. The molecule has 0 aromatic heterocycles. The number of benzene rings is 1. The molecule has 112 valence electrons. The molecule has 0 fully saturated rings. The largest absolute Gasteiger partial charge is 0.350 e. The molecule has 0 atom stereocenters. The van der Waals surface area contributed by atoms with Crippen molar-refractivity contribution < 1.29 is 13.2 Å². The molecule has 0 saturated carbocycles. The molecule has 5 nitrogen and oxygen atoms in total. The Hall–Kier alpha value is -1.40. The van der Waals surface area contributed by atoms with E-state index < -0.39 is 10.0 Å². The van der Waals surface area contributed by atoms with Gasteiger partial charge < -0.3 is 5.32 Å². The van der Waals surface area contributed by atoms with Crippen molar-refractivity contribution in [2.45, 2.75) is 38.6 Å². The molecule has 20 heavy (non-hydrogen) atoms. The molecule has 6 heteroatoms. The fourth-order valence-corrected chi connectivity index (χ4v) is 2.99. The number of aryl methyl sites for hydroxylation is 1. The van der Waals surface area contributed by atoms with E-state index in [0.29, 0.717) is 11.1 Å². The molecule has 0 saturated heterocycles. The summed E-state index contributed by atoms with van der Waals surface area (Å²) >= 11 is 0. The van der Waals surface area contributed by atoms with Gasteiger partial charge in [-0.1, -0.05) is 0 Å². The van der Waals surface area contributed by atoms with Gasteiger partial charge >= 0.3 is 0 Å². The first-order valence-corrected chi connectivity index (χ1v) is 7.86. The number of nitrogens with one attached hydrogen (secondary N) is 1. The van der Waals surface area contributed by atoms with Gasteiger partial charge in [-0.3, -0.25) is 4.79 Å². The van der Waals surface area contributed by atoms with Crippen molar-refractivity contribution >= 4 is 15.9 Å². The van der Waals surface area contributed by atoms with Gasteiger partial charge in [0.05, 0.1) is 4.90 Å². The SMILES string of the molecule is Cc1cc(C(=O)NC(C)C)cc(S(=O)(=O)N(C)C)c1C. The summed E-state index contributed by atoms with van der Waals surface area (Å²) in [6.07, 6.45) is 0. The first-order chi connectivity index (χ1) is 9.07. The van der Waals surface area contributed by atoms with Gasteiger partial charge in [-0.25, -0.2) is 12.7 Å². The van der Waals surface area contributed by atoms with E-state index >= 15 is 0 Å². The lowest BCUT2D eigenvalue weighted by molar-refractivity contribution is 0.0943. The zero-order valence-corrected chi connectivity index (χ0v) is 13.6. The molecule has 1 aromatic rings. The van der Waals surface area contributed by atoms with E-state index in [4.69, 9.17) is 0 Å². The van der Waals surface area contributed by atoms with E-state index in [0.717, 1.165) is 9.87 Å². The highest BCUT2D eigenvalue weighted by molar-refractivity contribution is 7.89. The third-order valence-corrected chi connectivity index (χ3v) is 5.00. The molecule has 0 radical (unpaired) electrons. The Bertz CT molecular complexity index is 620. The quantitative estimate of drug-likeness (QED) is 0.920. The number of hydrogen-bond acceptors (Lipinski definition) is 3. The van der Waals surface area contributed by atoms with Crippen molar-refractivity contribution in [1.82, 2.24) is 9.62 Å². The highest BCUT2D eigenvalue weighted by Gasteiger charge is 2.23. The van der Waals surface area contributed by atoms with Crippen LogP contribution in [0.25, 0.3) is 0 Å². The van der Waals surface area contributed by atoms with Gasteiger partial charge in [-0.2, -0.15) is 0 Å². The summed E-state index contributed by atoms with van der Waals surface area (Å²) in [6.45, 7) is 7.26. The number of amides is 1. The van der Waals surface area contributed by atoms with Gasteiger partial charge in [0, 0.05) is 25.7 Å². The summed E-state index contributed by atoms with van der Waals surface area (Å²) in [6, 6.07) is 3.15. The number of carbonyl (C=O) groups excluding carboxylic acids is 1. The monoisotopic (exact) mass is 298 g/mol. The van der Waals surface area contributed by atoms with E-state index in [2.05, 4.69) is 5.32 Å². The first kappa shape index (κ1) is 16.7. The zero-order chi connectivity index (χ0) is 15.7. The molecule has 0 heterocycles. The molecular weight excluding hydrogens is 276 g/mol. The van der Waals surface area contributed by atoms with Crippen molar-refractivity contribution in [2.75, 3.05) is 14.1 Å².